The number of hydrogen-bond donors (Lipinski definition) is 1. The Labute approximate surface area is 133 Å². The van der Waals surface area contributed by atoms with Crippen LogP contribution < -0.4 is 10.2 Å². The lowest BCUT2D eigenvalue weighted by Gasteiger charge is -2.36. The molecule has 4 heteroatoms. The second-order valence-electron chi connectivity index (χ2n) is 6.74. The normalized spacial score (nSPS) is 24.0. The van der Waals surface area contributed by atoms with Crippen molar-refractivity contribution in [3.8, 4) is 0 Å². The number of benzene rings is 1. The van der Waals surface area contributed by atoms with Gasteiger partial charge in [0.15, 0.2) is 0 Å². The van der Waals surface area contributed by atoms with Gasteiger partial charge in [0.25, 0.3) is 0 Å². The second-order valence-corrected chi connectivity index (χ2v) is 6.74. The number of rotatable bonds is 3. The van der Waals surface area contributed by atoms with E-state index in [4.69, 9.17) is 0 Å². The van der Waals surface area contributed by atoms with Gasteiger partial charge in [0.1, 0.15) is 0 Å². The molecule has 0 aromatic heterocycles. The predicted molar refractivity (Wildman–Crippen MR) is 90.6 cm³/mol. The van der Waals surface area contributed by atoms with Crippen molar-refractivity contribution in [3.63, 3.8) is 0 Å². The SMILES string of the molecule is CCCCNC(=O)N1c2ccc(C)cc2C2CN(C)CCC21. The van der Waals surface area contributed by atoms with Gasteiger partial charge in [-0.25, -0.2) is 4.79 Å². The smallest absolute Gasteiger partial charge is 0.322 e. The molecule has 2 amide bonds. The summed E-state index contributed by atoms with van der Waals surface area (Å²) >= 11 is 0. The largest absolute Gasteiger partial charge is 0.338 e. The van der Waals surface area contributed by atoms with E-state index in [1.165, 1.54) is 11.1 Å². The topological polar surface area (TPSA) is 35.6 Å². The molecule has 0 spiro atoms. The van der Waals surface area contributed by atoms with Crippen molar-refractivity contribution in [2.75, 3.05) is 31.6 Å². The Bertz CT molecular complexity index is 557. The molecule has 0 radical (unpaired) electrons. The van der Waals surface area contributed by atoms with Gasteiger partial charge in [0.05, 0.1) is 0 Å². The van der Waals surface area contributed by atoms with E-state index in [2.05, 4.69) is 49.3 Å². The number of carbonyl (C=O) groups is 1. The van der Waals surface area contributed by atoms with Crippen LogP contribution in [0, 0.1) is 6.92 Å². The number of amides is 2. The summed E-state index contributed by atoms with van der Waals surface area (Å²) in [6.45, 7) is 7.15. The quantitative estimate of drug-likeness (QED) is 0.871. The van der Waals surface area contributed by atoms with Crippen LogP contribution in [0.25, 0.3) is 0 Å². The van der Waals surface area contributed by atoms with Gasteiger partial charge in [0, 0.05) is 30.7 Å². The summed E-state index contributed by atoms with van der Waals surface area (Å²) in [5, 5.41) is 3.10. The van der Waals surface area contributed by atoms with E-state index in [-0.39, 0.29) is 6.03 Å². The minimum absolute atomic E-state index is 0.0793. The van der Waals surface area contributed by atoms with E-state index in [9.17, 15) is 4.79 Å². The fraction of sp³-hybridized carbons (Fsp3) is 0.611. The Balaban J connectivity index is 1.88. The van der Waals surface area contributed by atoms with Gasteiger partial charge in [-0.3, -0.25) is 4.90 Å². The third-order valence-electron chi connectivity index (χ3n) is 4.98. The Morgan fingerprint density at radius 1 is 1.41 bits per heavy atom. The summed E-state index contributed by atoms with van der Waals surface area (Å²) < 4.78 is 0. The molecule has 2 aliphatic heterocycles. The maximum atomic E-state index is 12.7. The van der Waals surface area contributed by atoms with Crippen molar-refractivity contribution in [2.24, 2.45) is 0 Å². The molecule has 1 saturated heterocycles. The molecule has 1 N–H and O–H groups in total. The van der Waals surface area contributed by atoms with E-state index < -0.39 is 0 Å². The van der Waals surface area contributed by atoms with Crippen molar-refractivity contribution in [2.45, 2.75) is 45.1 Å². The monoisotopic (exact) mass is 301 g/mol. The standard InChI is InChI=1S/C18H27N3O/c1-4-5-9-19-18(22)21-16-7-6-13(2)11-14(16)15-12-20(3)10-8-17(15)21/h6-7,11,15,17H,4-5,8-10,12H2,1-3H3,(H,19,22). The molecular weight excluding hydrogens is 274 g/mol. The molecule has 2 atom stereocenters. The zero-order chi connectivity index (χ0) is 15.7. The molecule has 2 aliphatic rings. The van der Waals surface area contributed by atoms with Crippen molar-refractivity contribution in [1.29, 1.82) is 0 Å². The number of carbonyl (C=O) groups excluding carboxylic acids is 1. The van der Waals surface area contributed by atoms with Crippen LogP contribution in [0.2, 0.25) is 0 Å². The highest BCUT2D eigenvalue weighted by Gasteiger charge is 2.43. The van der Waals surface area contributed by atoms with E-state index >= 15 is 0 Å². The summed E-state index contributed by atoms with van der Waals surface area (Å²) in [5.74, 6) is 0.450. The van der Waals surface area contributed by atoms with E-state index in [0.717, 1.165) is 44.6 Å². The highest BCUT2D eigenvalue weighted by atomic mass is 16.2. The fourth-order valence-corrected chi connectivity index (χ4v) is 3.80. The zero-order valence-corrected chi connectivity index (χ0v) is 13.9. The predicted octanol–water partition coefficient (Wildman–Crippen LogP) is 3.11. The second kappa shape index (κ2) is 6.29. The number of aryl methyl sites for hydroxylation is 1. The summed E-state index contributed by atoms with van der Waals surface area (Å²) in [6.07, 6.45) is 3.19. The number of nitrogens with one attached hydrogen (secondary N) is 1. The Morgan fingerprint density at radius 2 is 2.23 bits per heavy atom. The first-order chi connectivity index (χ1) is 10.6. The van der Waals surface area contributed by atoms with Gasteiger partial charge in [-0.2, -0.15) is 0 Å². The van der Waals surface area contributed by atoms with Gasteiger partial charge in [0.2, 0.25) is 0 Å². The minimum Gasteiger partial charge on any atom is -0.338 e. The molecule has 2 heterocycles. The van der Waals surface area contributed by atoms with Crippen molar-refractivity contribution >= 4 is 11.7 Å². The van der Waals surface area contributed by atoms with Crippen molar-refractivity contribution in [1.82, 2.24) is 10.2 Å². The molecule has 1 fully saturated rings. The maximum absolute atomic E-state index is 12.7. The number of hydrogen-bond acceptors (Lipinski definition) is 2. The van der Waals surface area contributed by atoms with E-state index in [0.29, 0.717) is 12.0 Å². The fourth-order valence-electron chi connectivity index (χ4n) is 3.80. The number of unbranched alkanes of at least 4 members (excludes halogenated alkanes) is 1. The first-order valence-electron chi connectivity index (χ1n) is 8.48. The van der Waals surface area contributed by atoms with Crippen LogP contribution in [0.5, 0.6) is 0 Å². The summed E-state index contributed by atoms with van der Waals surface area (Å²) in [6, 6.07) is 6.91. The van der Waals surface area contributed by atoms with Crippen LogP contribution in [-0.4, -0.2) is 43.7 Å². The van der Waals surface area contributed by atoms with E-state index in [1.54, 1.807) is 0 Å². The molecule has 2 unspecified atom stereocenters. The van der Waals surface area contributed by atoms with Crippen molar-refractivity contribution < 1.29 is 4.79 Å². The molecule has 1 aromatic carbocycles. The van der Waals surface area contributed by atoms with Crippen LogP contribution >= 0.6 is 0 Å². The molecule has 3 rings (SSSR count). The number of piperidine rings is 1. The van der Waals surface area contributed by atoms with Crippen LogP contribution in [0.4, 0.5) is 10.5 Å². The number of anilines is 1. The van der Waals surface area contributed by atoms with Gasteiger partial charge in [-0.05, 0) is 45.0 Å². The van der Waals surface area contributed by atoms with Gasteiger partial charge in [-0.1, -0.05) is 31.0 Å². The number of likely N-dealkylation sites (N-methyl/N-ethyl adjacent to an activating group) is 1. The van der Waals surface area contributed by atoms with Crippen LogP contribution in [0.3, 0.4) is 0 Å². The average molecular weight is 301 g/mol. The third kappa shape index (κ3) is 2.72. The minimum atomic E-state index is 0.0793. The molecule has 0 bridgehead atoms. The highest BCUT2D eigenvalue weighted by Crippen LogP contribution is 2.44. The van der Waals surface area contributed by atoms with Crippen LogP contribution in [-0.2, 0) is 0 Å². The molecule has 22 heavy (non-hydrogen) atoms. The molecule has 4 nitrogen and oxygen atoms in total. The molecule has 0 saturated carbocycles. The van der Waals surface area contributed by atoms with Gasteiger partial charge < -0.3 is 10.2 Å². The number of likely N-dealkylation sites (tertiary alicyclic amines) is 1. The lowest BCUT2D eigenvalue weighted by molar-refractivity contribution is 0.219. The zero-order valence-electron chi connectivity index (χ0n) is 13.9. The Kier molecular flexibility index (Phi) is 4.39. The maximum Gasteiger partial charge on any atom is 0.322 e. The summed E-state index contributed by atoms with van der Waals surface area (Å²) in [5.41, 5.74) is 3.74. The van der Waals surface area contributed by atoms with Gasteiger partial charge >= 0.3 is 6.03 Å². The molecule has 0 aliphatic carbocycles. The molecule has 1 aromatic rings. The summed E-state index contributed by atoms with van der Waals surface area (Å²) in [7, 11) is 2.18. The number of nitrogens with zero attached hydrogens (tertiary/aromatic N) is 2. The van der Waals surface area contributed by atoms with Crippen LogP contribution in [0.1, 0.15) is 43.2 Å². The molecular formula is C18H27N3O. The molecule has 120 valence electrons. The summed E-state index contributed by atoms with van der Waals surface area (Å²) in [4.78, 5) is 17.1. The van der Waals surface area contributed by atoms with Crippen LogP contribution in [0.15, 0.2) is 18.2 Å². The lowest BCUT2D eigenvalue weighted by Crippen LogP contribution is -2.50. The average Bonchev–Trinajstić information content (AvgIpc) is 2.80. The van der Waals surface area contributed by atoms with E-state index in [1.807, 2.05) is 4.90 Å². The van der Waals surface area contributed by atoms with Gasteiger partial charge in [-0.15, -0.1) is 0 Å². The lowest BCUT2D eigenvalue weighted by atomic mass is 9.89. The number of fused-ring (bicyclic) bond motifs is 3. The van der Waals surface area contributed by atoms with Crippen molar-refractivity contribution in [3.05, 3.63) is 29.3 Å². The Hall–Kier alpha value is -1.55. The first-order valence-corrected chi connectivity index (χ1v) is 8.48. The highest BCUT2D eigenvalue weighted by molar-refractivity contribution is 5.95. The number of urea groups is 1. The Morgan fingerprint density at radius 3 is 3.00 bits per heavy atom. The first kappa shape index (κ1) is 15.3. The third-order valence-corrected chi connectivity index (χ3v) is 4.98.